The summed E-state index contributed by atoms with van der Waals surface area (Å²) in [5.41, 5.74) is 7.98. The Kier molecular flexibility index (Phi) is 3.19. The maximum Gasteiger partial charge on any atom is 0.226 e. The van der Waals surface area contributed by atoms with Gasteiger partial charge in [0.25, 0.3) is 0 Å². The van der Waals surface area contributed by atoms with E-state index >= 15 is 0 Å². The van der Waals surface area contributed by atoms with E-state index in [0.29, 0.717) is 5.92 Å². The zero-order chi connectivity index (χ0) is 14.9. The van der Waals surface area contributed by atoms with E-state index < -0.39 is 0 Å². The van der Waals surface area contributed by atoms with E-state index in [4.69, 9.17) is 0 Å². The van der Waals surface area contributed by atoms with E-state index in [1.165, 1.54) is 22.2 Å². The summed E-state index contributed by atoms with van der Waals surface area (Å²) in [7, 11) is 0. The van der Waals surface area contributed by atoms with Crippen molar-refractivity contribution in [2.75, 3.05) is 5.43 Å². The van der Waals surface area contributed by atoms with Crippen LogP contribution in [0.3, 0.4) is 0 Å². The highest BCUT2D eigenvalue weighted by molar-refractivity contribution is 5.87. The van der Waals surface area contributed by atoms with Gasteiger partial charge in [0.15, 0.2) is 0 Å². The zero-order valence-corrected chi connectivity index (χ0v) is 12.3. The largest absolute Gasteiger partial charge is 0.277 e. The van der Waals surface area contributed by atoms with Crippen molar-refractivity contribution < 1.29 is 4.79 Å². The summed E-state index contributed by atoms with van der Waals surface area (Å²) < 4.78 is 1.96. The lowest BCUT2D eigenvalue weighted by Gasteiger charge is -2.24. The predicted molar refractivity (Wildman–Crippen MR) is 88.6 cm³/mol. The number of hydrogen-bond acceptors (Lipinski definition) is 1. The fourth-order valence-electron chi connectivity index (χ4n) is 3.72. The molecule has 1 atom stereocenters. The van der Waals surface area contributed by atoms with E-state index in [9.17, 15) is 4.79 Å². The quantitative estimate of drug-likeness (QED) is 0.735. The number of aromatic nitrogens is 1. The van der Waals surface area contributed by atoms with Crippen molar-refractivity contribution in [3.63, 3.8) is 0 Å². The second kappa shape index (κ2) is 5.34. The highest BCUT2D eigenvalue weighted by Crippen LogP contribution is 2.37. The molecular weight excluding hydrogens is 272 g/mol. The summed E-state index contributed by atoms with van der Waals surface area (Å²) in [6, 6.07) is 19.1. The Morgan fingerprint density at radius 3 is 2.64 bits per heavy atom. The van der Waals surface area contributed by atoms with Crippen molar-refractivity contribution in [2.24, 2.45) is 0 Å². The molecule has 1 aromatic heterocycles. The van der Waals surface area contributed by atoms with Crippen molar-refractivity contribution >= 4 is 17.3 Å². The van der Waals surface area contributed by atoms with Crippen LogP contribution in [0, 0.1) is 0 Å². The SMILES string of the molecule is O=CNn1c2c(c3ccccc31)CC(c1ccccc1)CC2. The highest BCUT2D eigenvalue weighted by Gasteiger charge is 2.26. The average molecular weight is 290 g/mol. The molecule has 0 bridgehead atoms. The third-order valence-electron chi connectivity index (χ3n) is 4.72. The molecule has 1 heterocycles. The van der Waals surface area contributed by atoms with Gasteiger partial charge in [-0.2, -0.15) is 0 Å². The van der Waals surface area contributed by atoms with Gasteiger partial charge >= 0.3 is 0 Å². The Labute approximate surface area is 129 Å². The lowest BCUT2D eigenvalue weighted by atomic mass is 9.82. The summed E-state index contributed by atoms with van der Waals surface area (Å²) in [5, 5.41) is 1.26. The van der Waals surface area contributed by atoms with E-state index in [1.807, 2.05) is 10.7 Å². The Morgan fingerprint density at radius 1 is 1.05 bits per heavy atom. The van der Waals surface area contributed by atoms with Crippen LogP contribution in [0.4, 0.5) is 0 Å². The Balaban J connectivity index is 1.82. The van der Waals surface area contributed by atoms with E-state index in [0.717, 1.165) is 31.2 Å². The molecule has 1 amide bonds. The van der Waals surface area contributed by atoms with Crippen molar-refractivity contribution in [3.8, 4) is 0 Å². The van der Waals surface area contributed by atoms with Crippen LogP contribution in [0.2, 0.25) is 0 Å². The third kappa shape index (κ3) is 2.01. The predicted octanol–water partition coefficient (Wildman–Crippen LogP) is 3.61. The molecule has 0 radical (unpaired) electrons. The fraction of sp³-hybridized carbons (Fsp3) is 0.211. The van der Waals surface area contributed by atoms with Gasteiger partial charge in [0, 0.05) is 11.1 Å². The lowest BCUT2D eigenvalue weighted by molar-refractivity contribution is -0.106. The van der Waals surface area contributed by atoms with E-state index in [2.05, 4.69) is 54.0 Å². The molecule has 0 aliphatic heterocycles. The second-order valence-electron chi connectivity index (χ2n) is 5.88. The van der Waals surface area contributed by atoms with Gasteiger partial charge in [-0.1, -0.05) is 48.5 Å². The zero-order valence-electron chi connectivity index (χ0n) is 12.3. The molecular formula is C19H18N2O. The van der Waals surface area contributed by atoms with Crippen LogP contribution in [0.5, 0.6) is 0 Å². The Bertz CT molecular complexity index is 820. The second-order valence-corrected chi connectivity index (χ2v) is 5.88. The van der Waals surface area contributed by atoms with Gasteiger partial charge in [-0.05, 0) is 42.4 Å². The van der Waals surface area contributed by atoms with Crippen LogP contribution in [0.15, 0.2) is 54.6 Å². The molecule has 2 aromatic carbocycles. The summed E-state index contributed by atoms with van der Waals surface area (Å²) in [6.07, 6.45) is 3.90. The molecule has 0 saturated heterocycles. The normalized spacial score (nSPS) is 17.2. The summed E-state index contributed by atoms with van der Waals surface area (Å²) in [4.78, 5) is 11.0. The minimum atomic E-state index is 0.559. The maximum atomic E-state index is 11.0. The van der Waals surface area contributed by atoms with E-state index in [1.54, 1.807) is 0 Å². The third-order valence-corrected chi connectivity index (χ3v) is 4.72. The molecule has 0 spiro atoms. The van der Waals surface area contributed by atoms with Gasteiger partial charge in [-0.25, -0.2) is 0 Å². The van der Waals surface area contributed by atoms with Gasteiger partial charge in [0.1, 0.15) is 0 Å². The highest BCUT2D eigenvalue weighted by atomic mass is 16.1. The first kappa shape index (κ1) is 13.1. The first-order chi connectivity index (χ1) is 10.9. The standard InChI is InChI=1S/C19H18N2O/c22-13-20-21-18-9-5-4-8-16(18)17-12-15(10-11-19(17)21)14-6-2-1-3-7-14/h1-9,13,15H,10-12H2,(H,20,22). The minimum absolute atomic E-state index is 0.559. The monoisotopic (exact) mass is 290 g/mol. The smallest absolute Gasteiger partial charge is 0.226 e. The molecule has 3 nitrogen and oxygen atoms in total. The maximum absolute atomic E-state index is 11.0. The molecule has 4 rings (SSSR count). The summed E-state index contributed by atoms with van der Waals surface area (Å²) in [6.45, 7) is 0. The molecule has 3 heteroatoms. The number of nitrogens with one attached hydrogen (secondary N) is 1. The molecule has 0 fully saturated rings. The van der Waals surface area contributed by atoms with Crippen molar-refractivity contribution in [2.45, 2.75) is 25.2 Å². The van der Waals surface area contributed by atoms with Crippen molar-refractivity contribution in [3.05, 3.63) is 71.4 Å². The van der Waals surface area contributed by atoms with Gasteiger partial charge < -0.3 is 0 Å². The number of carbonyl (C=O) groups is 1. The molecule has 1 unspecified atom stereocenters. The van der Waals surface area contributed by atoms with E-state index in [-0.39, 0.29) is 0 Å². The van der Waals surface area contributed by atoms with Gasteiger partial charge in [-0.15, -0.1) is 0 Å². The van der Waals surface area contributed by atoms with Crippen LogP contribution in [-0.2, 0) is 17.6 Å². The number of hydrogen-bond donors (Lipinski definition) is 1. The number of amides is 1. The number of carbonyl (C=O) groups excluding carboxylic acids is 1. The van der Waals surface area contributed by atoms with Crippen molar-refractivity contribution in [1.82, 2.24) is 4.68 Å². The molecule has 3 aromatic rings. The van der Waals surface area contributed by atoms with Crippen LogP contribution in [0.25, 0.3) is 10.9 Å². The number of para-hydroxylation sites is 1. The van der Waals surface area contributed by atoms with Gasteiger partial charge in [0.05, 0.1) is 5.52 Å². The number of nitrogens with zero attached hydrogens (tertiary/aromatic N) is 1. The minimum Gasteiger partial charge on any atom is -0.277 e. The lowest BCUT2D eigenvalue weighted by Crippen LogP contribution is -2.20. The van der Waals surface area contributed by atoms with Crippen LogP contribution in [0.1, 0.15) is 29.2 Å². The molecule has 1 aliphatic carbocycles. The molecule has 110 valence electrons. The van der Waals surface area contributed by atoms with Crippen molar-refractivity contribution in [1.29, 1.82) is 0 Å². The molecule has 1 N–H and O–H groups in total. The number of fused-ring (bicyclic) bond motifs is 3. The first-order valence-electron chi connectivity index (χ1n) is 7.75. The topological polar surface area (TPSA) is 34.0 Å². The molecule has 0 saturated carbocycles. The van der Waals surface area contributed by atoms with Crippen LogP contribution >= 0.6 is 0 Å². The Hall–Kier alpha value is -2.55. The molecule has 1 aliphatic rings. The average Bonchev–Trinajstić information content (AvgIpc) is 2.90. The summed E-state index contributed by atoms with van der Waals surface area (Å²) in [5.74, 6) is 0.559. The fourth-order valence-corrected chi connectivity index (χ4v) is 3.72. The molecule has 22 heavy (non-hydrogen) atoms. The Morgan fingerprint density at radius 2 is 1.82 bits per heavy atom. The van der Waals surface area contributed by atoms with Crippen LogP contribution in [-0.4, -0.2) is 11.1 Å². The number of rotatable bonds is 3. The van der Waals surface area contributed by atoms with Crippen LogP contribution < -0.4 is 5.43 Å². The number of benzene rings is 2. The summed E-state index contributed by atoms with van der Waals surface area (Å²) >= 11 is 0. The van der Waals surface area contributed by atoms with Gasteiger partial charge in [0.2, 0.25) is 6.41 Å². The van der Waals surface area contributed by atoms with Gasteiger partial charge in [-0.3, -0.25) is 14.9 Å². The first-order valence-corrected chi connectivity index (χ1v) is 7.75.